The van der Waals surface area contributed by atoms with Crippen LogP contribution in [0.2, 0.25) is 0 Å². The van der Waals surface area contributed by atoms with Crippen molar-refractivity contribution in [2.45, 2.75) is 12.8 Å². The van der Waals surface area contributed by atoms with Crippen molar-refractivity contribution in [1.29, 1.82) is 0 Å². The Balaban J connectivity index is 1.89. The molecule has 1 amide bonds. The van der Waals surface area contributed by atoms with Crippen molar-refractivity contribution >= 4 is 11.9 Å². The van der Waals surface area contributed by atoms with Crippen molar-refractivity contribution < 1.29 is 23.5 Å². The van der Waals surface area contributed by atoms with Gasteiger partial charge in [0.25, 0.3) is 11.5 Å². The van der Waals surface area contributed by atoms with Gasteiger partial charge in [0.1, 0.15) is 5.82 Å². The lowest BCUT2D eigenvalue weighted by Crippen LogP contribution is -2.41. The largest absolute Gasteiger partial charge is 0.494 e. The number of esters is 1. The number of nitrogens with zero attached hydrogens (tertiary/aromatic N) is 3. The van der Waals surface area contributed by atoms with Crippen LogP contribution in [0.5, 0.6) is 5.75 Å². The average Bonchev–Trinajstić information content (AvgIpc) is 2.73. The molecule has 0 saturated carbocycles. The molecule has 1 aliphatic rings. The molecule has 1 saturated heterocycles. The van der Waals surface area contributed by atoms with Crippen LogP contribution >= 0.6 is 0 Å². The monoisotopic (exact) mass is 389 g/mol. The molecule has 3 rings (SSSR count). The fraction of sp³-hybridized carbons (Fsp3) is 0.368. The van der Waals surface area contributed by atoms with E-state index in [1.54, 1.807) is 4.90 Å². The molecule has 0 bridgehead atoms. The third-order valence-electron chi connectivity index (χ3n) is 4.71. The highest BCUT2D eigenvalue weighted by molar-refractivity contribution is 5.95. The number of methoxy groups -OCH3 is 2. The van der Waals surface area contributed by atoms with Gasteiger partial charge in [-0.1, -0.05) is 0 Å². The number of piperidine rings is 1. The SMILES string of the molecule is COC(=O)C1CCN(C(=O)c2nn(-c3ccc(F)cc3)c(=O)cc2OC)CC1. The fourth-order valence-electron chi connectivity index (χ4n) is 3.15. The lowest BCUT2D eigenvalue weighted by molar-refractivity contribution is -0.146. The minimum absolute atomic E-state index is 0.0251. The molecule has 0 unspecified atom stereocenters. The van der Waals surface area contributed by atoms with E-state index in [-0.39, 0.29) is 23.3 Å². The number of rotatable bonds is 4. The van der Waals surface area contributed by atoms with Gasteiger partial charge in [0, 0.05) is 13.1 Å². The van der Waals surface area contributed by atoms with E-state index in [1.165, 1.54) is 44.6 Å². The second-order valence-electron chi connectivity index (χ2n) is 6.38. The lowest BCUT2D eigenvalue weighted by atomic mass is 9.97. The van der Waals surface area contributed by atoms with Crippen LogP contribution in [0, 0.1) is 11.7 Å². The second-order valence-corrected chi connectivity index (χ2v) is 6.38. The number of hydrogen-bond acceptors (Lipinski definition) is 6. The summed E-state index contributed by atoms with van der Waals surface area (Å²) in [6, 6.07) is 6.36. The Labute approximate surface area is 160 Å². The zero-order valence-corrected chi connectivity index (χ0v) is 15.6. The van der Waals surface area contributed by atoms with Crippen LogP contribution < -0.4 is 10.3 Å². The van der Waals surface area contributed by atoms with E-state index in [2.05, 4.69) is 5.10 Å². The highest BCUT2D eigenvalue weighted by atomic mass is 19.1. The third kappa shape index (κ3) is 3.88. The molecule has 8 nitrogen and oxygen atoms in total. The van der Waals surface area contributed by atoms with Gasteiger partial charge in [-0.15, -0.1) is 0 Å². The molecule has 28 heavy (non-hydrogen) atoms. The molecule has 1 fully saturated rings. The highest BCUT2D eigenvalue weighted by Crippen LogP contribution is 2.22. The maximum atomic E-state index is 13.2. The van der Waals surface area contributed by atoms with Crippen LogP contribution in [0.25, 0.3) is 5.69 Å². The maximum absolute atomic E-state index is 13.2. The molecule has 0 aliphatic carbocycles. The van der Waals surface area contributed by atoms with E-state index in [4.69, 9.17) is 9.47 Å². The summed E-state index contributed by atoms with van der Waals surface area (Å²) >= 11 is 0. The minimum Gasteiger partial charge on any atom is -0.494 e. The fourth-order valence-corrected chi connectivity index (χ4v) is 3.15. The van der Waals surface area contributed by atoms with Gasteiger partial charge in [-0.2, -0.15) is 9.78 Å². The summed E-state index contributed by atoms with van der Waals surface area (Å²) in [5, 5.41) is 4.16. The third-order valence-corrected chi connectivity index (χ3v) is 4.71. The summed E-state index contributed by atoms with van der Waals surface area (Å²) in [6.45, 7) is 0.720. The van der Waals surface area contributed by atoms with Crippen molar-refractivity contribution in [3.63, 3.8) is 0 Å². The Hall–Kier alpha value is -3.23. The molecule has 1 aliphatic heterocycles. The number of hydrogen-bond donors (Lipinski definition) is 0. The Bertz CT molecular complexity index is 934. The smallest absolute Gasteiger partial charge is 0.308 e. The molecule has 0 spiro atoms. The number of halogens is 1. The summed E-state index contributed by atoms with van der Waals surface area (Å²) in [7, 11) is 2.69. The van der Waals surface area contributed by atoms with Gasteiger partial charge < -0.3 is 14.4 Å². The second kappa shape index (κ2) is 8.20. The summed E-state index contributed by atoms with van der Waals surface area (Å²) in [4.78, 5) is 38.5. The van der Waals surface area contributed by atoms with Crippen molar-refractivity contribution in [2.75, 3.05) is 27.3 Å². The molecular weight excluding hydrogens is 369 g/mol. The first-order valence-corrected chi connectivity index (χ1v) is 8.76. The molecule has 1 aromatic heterocycles. The van der Waals surface area contributed by atoms with Crippen molar-refractivity contribution in [3.8, 4) is 11.4 Å². The van der Waals surface area contributed by atoms with Crippen LogP contribution in [0.1, 0.15) is 23.3 Å². The zero-order valence-electron chi connectivity index (χ0n) is 15.6. The predicted octanol–water partition coefficient (Wildman–Crippen LogP) is 1.41. The van der Waals surface area contributed by atoms with Gasteiger partial charge in [-0.3, -0.25) is 14.4 Å². The van der Waals surface area contributed by atoms with Gasteiger partial charge in [0.15, 0.2) is 11.4 Å². The van der Waals surface area contributed by atoms with E-state index in [0.717, 1.165) is 4.68 Å². The molecule has 1 aromatic carbocycles. The summed E-state index contributed by atoms with van der Waals surface area (Å²) in [5.74, 6) is -1.32. The Morgan fingerprint density at radius 1 is 1.14 bits per heavy atom. The number of carbonyl (C=O) groups is 2. The standard InChI is InChI=1S/C19H20FN3O5/c1-27-15-11-16(24)23(14-5-3-13(20)4-6-14)21-17(15)18(25)22-9-7-12(8-10-22)19(26)28-2/h3-6,11-12H,7-10H2,1-2H3. The van der Waals surface area contributed by atoms with Crippen molar-refractivity contribution in [1.82, 2.24) is 14.7 Å². The van der Waals surface area contributed by atoms with Crippen molar-refractivity contribution in [3.05, 3.63) is 52.2 Å². The normalized spacial score (nSPS) is 14.6. The number of benzene rings is 1. The predicted molar refractivity (Wildman–Crippen MR) is 97.0 cm³/mol. The van der Waals surface area contributed by atoms with E-state index < -0.39 is 17.3 Å². The molecule has 0 radical (unpaired) electrons. The first kappa shape index (κ1) is 19.5. The summed E-state index contributed by atoms with van der Waals surface area (Å²) in [6.07, 6.45) is 0.969. The Kier molecular flexibility index (Phi) is 5.72. The van der Waals surface area contributed by atoms with Gasteiger partial charge in [-0.25, -0.2) is 4.39 Å². The van der Waals surface area contributed by atoms with Gasteiger partial charge >= 0.3 is 5.97 Å². The zero-order chi connectivity index (χ0) is 20.3. The van der Waals surface area contributed by atoms with E-state index in [1.807, 2.05) is 0 Å². The summed E-state index contributed by atoms with van der Waals surface area (Å²) < 4.78 is 24.1. The minimum atomic E-state index is -0.510. The van der Waals surface area contributed by atoms with Crippen LogP contribution in [0.15, 0.2) is 35.1 Å². The van der Waals surface area contributed by atoms with Crippen molar-refractivity contribution in [2.24, 2.45) is 5.92 Å². The van der Waals surface area contributed by atoms with E-state index >= 15 is 0 Å². The number of likely N-dealkylation sites (tertiary alicyclic amines) is 1. The highest BCUT2D eigenvalue weighted by Gasteiger charge is 2.30. The van der Waals surface area contributed by atoms with Crippen LogP contribution in [-0.4, -0.2) is 53.9 Å². The molecule has 148 valence electrons. The van der Waals surface area contributed by atoms with E-state index in [9.17, 15) is 18.8 Å². The molecule has 0 N–H and O–H groups in total. The lowest BCUT2D eigenvalue weighted by Gasteiger charge is -2.30. The Morgan fingerprint density at radius 2 is 1.79 bits per heavy atom. The molecular formula is C19H20FN3O5. The number of carbonyl (C=O) groups excluding carboxylic acids is 2. The van der Waals surface area contributed by atoms with Gasteiger partial charge in [-0.05, 0) is 37.1 Å². The van der Waals surface area contributed by atoms with Crippen LogP contribution in [-0.2, 0) is 9.53 Å². The first-order valence-electron chi connectivity index (χ1n) is 8.76. The quantitative estimate of drug-likeness (QED) is 0.735. The maximum Gasteiger partial charge on any atom is 0.308 e. The van der Waals surface area contributed by atoms with Crippen LogP contribution in [0.4, 0.5) is 4.39 Å². The van der Waals surface area contributed by atoms with Gasteiger partial charge in [0.2, 0.25) is 0 Å². The molecule has 9 heteroatoms. The Morgan fingerprint density at radius 3 is 2.36 bits per heavy atom. The molecule has 0 atom stereocenters. The molecule has 2 heterocycles. The topological polar surface area (TPSA) is 90.7 Å². The summed E-state index contributed by atoms with van der Waals surface area (Å²) in [5.41, 5.74) is -0.208. The first-order chi connectivity index (χ1) is 13.4. The van der Waals surface area contributed by atoms with Crippen LogP contribution in [0.3, 0.4) is 0 Å². The average molecular weight is 389 g/mol. The number of aromatic nitrogens is 2. The molecule has 2 aromatic rings. The van der Waals surface area contributed by atoms with Gasteiger partial charge in [0.05, 0.1) is 31.9 Å². The number of amides is 1. The number of ether oxygens (including phenoxy) is 2. The van der Waals surface area contributed by atoms with E-state index in [0.29, 0.717) is 31.6 Å².